The SMILES string of the molecule is CC(NC(=O)Cn1nnc(-c2ccccc2)n1)c1ccc(F)cc1. The van der Waals surface area contributed by atoms with E-state index < -0.39 is 0 Å². The zero-order chi connectivity index (χ0) is 16.9. The zero-order valence-electron chi connectivity index (χ0n) is 13.1. The summed E-state index contributed by atoms with van der Waals surface area (Å²) in [7, 11) is 0. The van der Waals surface area contributed by atoms with Crippen LogP contribution in [0, 0.1) is 5.82 Å². The summed E-state index contributed by atoms with van der Waals surface area (Å²) in [6.45, 7) is 1.79. The number of rotatable bonds is 5. The van der Waals surface area contributed by atoms with Crippen LogP contribution in [-0.2, 0) is 11.3 Å². The Morgan fingerprint density at radius 3 is 2.58 bits per heavy atom. The predicted molar refractivity (Wildman–Crippen MR) is 86.2 cm³/mol. The molecule has 1 unspecified atom stereocenters. The number of tetrazole rings is 1. The van der Waals surface area contributed by atoms with Crippen LogP contribution < -0.4 is 5.32 Å². The summed E-state index contributed by atoms with van der Waals surface area (Å²) in [5, 5.41) is 14.9. The summed E-state index contributed by atoms with van der Waals surface area (Å²) >= 11 is 0. The van der Waals surface area contributed by atoms with Gasteiger partial charge in [0.25, 0.3) is 0 Å². The van der Waals surface area contributed by atoms with Gasteiger partial charge in [0.05, 0.1) is 6.04 Å². The number of halogens is 1. The van der Waals surface area contributed by atoms with E-state index in [0.29, 0.717) is 5.82 Å². The molecule has 0 aliphatic carbocycles. The van der Waals surface area contributed by atoms with Gasteiger partial charge in [-0.3, -0.25) is 4.79 Å². The third kappa shape index (κ3) is 3.81. The van der Waals surface area contributed by atoms with Crippen LogP contribution in [0.2, 0.25) is 0 Å². The van der Waals surface area contributed by atoms with Crippen molar-refractivity contribution in [1.82, 2.24) is 25.5 Å². The molecule has 0 aliphatic heterocycles. The first-order valence-corrected chi connectivity index (χ1v) is 7.50. The van der Waals surface area contributed by atoms with Crippen LogP contribution in [0.25, 0.3) is 11.4 Å². The number of benzene rings is 2. The number of nitrogens with zero attached hydrogens (tertiary/aromatic N) is 4. The van der Waals surface area contributed by atoms with E-state index in [4.69, 9.17) is 0 Å². The summed E-state index contributed by atoms with van der Waals surface area (Å²) in [6, 6.07) is 15.2. The van der Waals surface area contributed by atoms with Gasteiger partial charge in [-0.05, 0) is 29.8 Å². The van der Waals surface area contributed by atoms with Crippen molar-refractivity contribution in [1.29, 1.82) is 0 Å². The number of hydrogen-bond donors (Lipinski definition) is 1. The zero-order valence-corrected chi connectivity index (χ0v) is 13.1. The highest BCUT2D eigenvalue weighted by atomic mass is 19.1. The van der Waals surface area contributed by atoms with Gasteiger partial charge in [0.2, 0.25) is 11.7 Å². The van der Waals surface area contributed by atoms with Gasteiger partial charge in [-0.1, -0.05) is 42.5 Å². The van der Waals surface area contributed by atoms with E-state index in [-0.39, 0.29) is 24.3 Å². The summed E-state index contributed by atoms with van der Waals surface area (Å²) in [6.07, 6.45) is 0. The normalized spacial score (nSPS) is 11.9. The lowest BCUT2D eigenvalue weighted by atomic mass is 10.1. The van der Waals surface area contributed by atoms with E-state index in [1.165, 1.54) is 16.9 Å². The minimum absolute atomic E-state index is 0.0363. The van der Waals surface area contributed by atoms with Gasteiger partial charge in [0.15, 0.2) is 0 Å². The van der Waals surface area contributed by atoms with Crippen molar-refractivity contribution in [2.45, 2.75) is 19.5 Å². The molecule has 0 saturated carbocycles. The Bertz CT molecular complexity index is 817. The van der Waals surface area contributed by atoms with E-state index in [2.05, 4.69) is 20.7 Å². The molecule has 1 amide bonds. The molecule has 7 heteroatoms. The van der Waals surface area contributed by atoms with Crippen molar-refractivity contribution in [3.63, 3.8) is 0 Å². The summed E-state index contributed by atoms with van der Waals surface area (Å²) in [4.78, 5) is 13.3. The first kappa shape index (κ1) is 15.8. The molecule has 0 bridgehead atoms. The van der Waals surface area contributed by atoms with Crippen LogP contribution in [0.5, 0.6) is 0 Å². The van der Waals surface area contributed by atoms with Crippen LogP contribution in [0.3, 0.4) is 0 Å². The molecule has 0 fully saturated rings. The van der Waals surface area contributed by atoms with Gasteiger partial charge in [-0.2, -0.15) is 4.80 Å². The maximum atomic E-state index is 12.9. The molecule has 24 heavy (non-hydrogen) atoms. The fourth-order valence-electron chi connectivity index (χ4n) is 2.26. The van der Waals surface area contributed by atoms with E-state index in [1.807, 2.05) is 37.3 Å². The highest BCUT2D eigenvalue weighted by molar-refractivity contribution is 5.76. The molecule has 1 N–H and O–H groups in total. The minimum Gasteiger partial charge on any atom is -0.348 e. The summed E-state index contributed by atoms with van der Waals surface area (Å²) < 4.78 is 12.9. The molecule has 6 nitrogen and oxygen atoms in total. The van der Waals surface area contributed by atoms with Gasteiger partial charge in [0, 0.05) is 5.56 Å². The molecule has 0 aliphatic rings. The standard InChI is InChI=1S/C17H16FN5O/c1-12(13-7-9-15(18)10-8-13)19-16(24)11-23-21-17(20-22-23)14-5-3-2-4-6-14/h2-10,12H,11H2,1H3,(H,19,24). The van der Waals surface area contributed by atoms with Crippen LogP contribution in [0.15, 0.2) is 54.6 Å². The minimum atomic E-state index is -0.308. The number of hydrogen-bond acceptors (Lipinski definition) is 4. The average Bonchev–Trinajstić information content (AvgIpc) is 3.04. The highest BCUT2D eigenvalue weighted by Gasteiger charge is 2.12. The van der Waals surface area contributed by atoms with Crippen molar-refractivity contribution in [2.75, 3.05) is 0 Å². The molecular weight excluding hydrogens is 309 g/mol. The largest absolute Gasteiger partial charge is 0.348 e. The second kappa shape index (κ2) is 6.99. The Hall–Kier alpha value is -3.09. The average molecular weight is 325 g/mol. The summed E-state index contributed by atoms with van der Waals surface area (Å²) in [5.41, 5.74) is 1.66. The Morgan fingerprint density at radius 1 is 1.17 bits per heavy atom. The molecule has 2 aromatic carbocycles. The first-order chi connectivity index (χ1) is 11.6. The van der Waals surface area contributed by atoms with Crippen molar-refractivity contribution in [2.24, 2.45) is 0 Å². The predicted octanol–water partition coefficient (Wildman–Crippen LogP) is 2.36. The lowest BCUT2D eigenvalue weighted by Gasteiger charge is -2.13. The van der Waals surface area contributed by atoms with Crippen molar-refractivity contribution in [3.05, 3.63) is 66.0 Å². The monoisotopic (exact) mass is 325 g/mol. The van der Waals surface area contributed by atoms with Crippen molar-refractivity contribution in [3.8, 4) is 11.4 Å². The highest BCUT2D eigenvalue weighted by Crippen LogP contribution is 2.13. The van der Waals surface area contributed by atoms with E-state index in [0.717, 1.165) is 11.1 Å². The third-order valence-corrected chi connectivity index (χ3v) is 3.52. The number of carbonyl (C=O) groups excluding carboxylic acids is 1. The molecule has 1 atom stereocenters. The number of aromatic nitrogens is 4. The lowest BCUT2D eigenvalue weighted by Crippen LogP contribution is -2.30. The number of carbonyl (C=O) groups is 1. The molecule has 0 saturated heterocycles. The molecule has 1 heterocycles. The number of nitrogens with one attached hydrogen (secondary N) is 1. The first-order valence-electron chi connectivity index (χ1n) is 7.50. The third-order valence-electron chi connectivity index (χ3n) is 3.52. The van der Waals surface area contributed by atoms with Crippen LogP contribution in [-0.4, -0.2) is 26.1 Å². The molecule has 0 spiro atoms. The molecule has 122 valence electrons. The van der Waals surface area contributed by atoms with E-state index in [9.17, 15) is 9.18 Å². The maximum absolute atomic E-state index is 12.9. The maximum Gasteiger partial charge on any atom is 0.244 e. The van der Waals surface area contributed by atoms with Crippen molar-refractivity contribution >= 4 is 5.91 Å². The second-order valence-electron chi connectivity index (χ2n) is 5.35. The van der Waals surface area contributed by atoms with Gasteiger partial charge >= 0.3 is 0 Å². The van der Waals surface area contributed by atoms with Gasteiger partial charge in [-0.15, -0.1) is 10.2 Å². The van der Waals surface area contributed by atoms with Crippen LogP contribution >= 0.6 is 0 Å². The van der Waals surface area contributed by atoms with Gasteiger partial charge < -0.3 is 5.32 Å². The Labute approximate surface area is 138 Å². The Balaban J connectivity index is 1.61. The fourth-order valence-corrected chi connectivity index (χ4v) is 2.26. The second-order valence-corrected chi connectivity index (χ2v) is 5.35. The van der Waals surface area contributed by atoms with Crippen LogP contribution in [0.4, 0.5) is 4.39 Å². The smallest absolute Gasteiger partial charge is 0.244 e. The fraction of sp³-hybridized carbons (Fsp3) is 0.176. The quantitative estimate of drug-likeness (QED) is 0.781. The Kier molecular flexibility index (Phi) is 4.60. The van der Waals surface area contributed by atoms with E-state index >= 15 is 0 Å². The topological polar surface area (TPSA) is 72.7 Å². The van der Waals surface area contributed by atoms with Crippen LogP contribution in [0.1, 0.15) is 18.5 Å². The molecule has 0 radical (unpaired) electrons. The summed E-state index contributed by atoms with van der Waals surface area (Å²) in [5.74, 6) is -0.0867. The Morgan fingerprint density at radius 2 is 1.88 bits per heavy atom. The van der Waals surface area contributed by atoms with Crippen molar-refractivity contribution < 1.29 is 9.18 Å². The molecule has 3 rings (SSSR count). The molecule has 1 aromatic heterocycles. The van der Waals surface area contributed by atoms with Gasteiger partial charge in [-0.25, -0.2) is 4.39 Å². The van der Waals surface area contributed by atoms with Gasteiger partial charge in [0.1, 0.15) is 12.4 Å². The molecular formula is C17H16FN5O. The lowest BCUT2D eigenvalue weighted by molar-refractivity contribution is -0.122. The van der Waals surface area contributed by atoms with E-state index in [1.54, 1.807) is 12.1 Å². The molecule has 3 aromatic rings. The number of amides is 1.